The topological polar surface area (TPSA) is 34.1 Å². The molecule has 0 aromatic carbocycles. The lowest BCUT2D eigenvalue weighted by Gasteiger charge is -2.07. The first-order valence-electron chi connectivity index (χ1n) is 2.64. The van der Waals surface area contributed by atoms with Gasteiger partial charge in [-0.3, -0.25) is 9.59 Å². The van der Waals surface area contributed by atoms with Crippen molar-refractivity contribution >= 4 is 32.2 Å². The van der Waals surface area contributed by atoms with E-state index in [-0.39, 0.29) is 11.6 Å². The van der Waals surface area contributed by atoms with E-state index in [2.05, 4.69) is 0 Å². The third-order valence-corrected chi connectivity index (χ3v) is 3.85. The fourth-order valence-electron chi connectivity index (χ4n) is 0.734. The highest BCUT2D eigenvalue weighted by molar-refractivity contribution is 7.73. The van der Waals surface area contributed by atoms with E-state index < -0.39 is 0 Å². The van der Waals surface area contributed by atoms with Gasteiger partial charge in [-0.25, -0.2) is 0 Å². The van der Waals surface area contributed by atoms with Gasteiger partial charge in [-0.05, 0) is 12.2 Å². The summed E-state index contributed by atoms with van der Waals surface area (Å²) in [6.07, 6.45) is 2.65. The molecule has 10 heavy (non-hydrogen) atoms. The maximum atomic E-state index is 10.9. The van der Waals surface area contributed by atoms with Gasteiger partial charge < -0.3 is 0 Å². The van der Waals surface area contributed by atoms with Crippen LogP contribution in [-0.4, -0.2) is 11.6 Å². The second-order valence-electron chi connectivity index (χ2n) is 1.89. The summed E-state index contributed by atoms with van der Waals surface area (Å²) in [5.74, 6) is -0.0586. The Hall–Kier alpha value is -0.740. The van der Waals surface area contributed by atoms with Gasteiger partial charge in [0.25, 0.3) is 0 Å². The molecule has 0 fully saturated rings. The van der Waals surface area contributed by atoms with Crippen LogP contribution in [0.25, 0.3) is 0 Å². The standard InChI is InChI=1S/C6H2O2S2/c7-3-1-2-4(8)6-5(3)9-10-6/h1-2H. The van der Waals surface area contributed by atoms with Crippen molar-refractivity contribution in [2.75, 3.05) is 0 Å². The van der Waals surface area contributed by atoms with E-state index in [0.29, 0.717) is 9.75 Å². The van der Waals surface area contributed by atoms with Crippen LogP contribution in [0.2, 0.25) is 0 Å². The zero-order chi connectivity index (χ0) is 7.14. The zero-order valence-electron chi connectivity index (χ0n) is 4.79. The smallest absolute Gasteiger partial charge is 0.198 e. The lowest BCUT2D eigenvalue weighted by atomic mass is 10.1. The van der Waals surface area contributed by atoms with Crippen LogP contribution in [0.4, 0.5) is 0 Å². The Bertz CT molecular complexity index is 297. The molecule has 0 unspecified atom stereocenters. The van der Waals surface area contributed by atoms with E-state index in [4.69, 9.17) is 0 Å². The number of allylic oxidation sites excluding steroid dienone is 2. The van der Waals surface area contributed by atoms with Gasteiger partial charge in [-0.2, -0.15) is 0 Å². The number of carbonyl (C=O) groups excluding carboxylic acids is 2. The molecule has 0 radical (unpaired) electrons. The molecule has 0 spiro atoms. The van der Waals surface area contributed by atoms with Crippen LogP contribution in [0.5, 0.6) is 0 Å². The minimum atomic E-state index is -0.0293. The Morgan fingerprint density at radius 3 is 1.60 bits per heavy atom. The highest BCUT2D eigenvalue weighted by atomic mass is 32.9. The average molecular weight is 170 g/mol. The van der Waals surface area contributed by atoms with Crippen molar-refractivity contribution in [3.05, 3.63) is 21.9 Å². The number of fused-ring (bicyclic) bond motifs is 1. The number of hydrogen-bond acceptors (Lipinski definition) is 4. The van der Waals surface area contributed by atoms with Crippen molar-refractivity contribution in [1.29, 1.82) is 0 Å². The van der Waals surface area contributed by atoms with Gasteiger partial charge in [-0.1, -0.05) is 20.7 Å². The summed E-state index contributed by atoms with van der Waals surface area (Å²) in [5, 5.41) is 0. The molecule has 0 atom stereocenters. The Balaban J connectivity index is 2.58. The predicted molar refractivity (Wildman–Crippen MR) is 40.0 cm³/mol. The molecule has 2 nitrogen and oxygen atoms in total. The Kier molecular flexibility index (Phi) is 1.12. The SMILES string of the molecule is O=C1C=CC(=O)c2ssc21. The molecule has 50 valence electrons. The number of ketones is 2. The third kappa shape index (κ3) is 0.629. The number of carbonyl (C=O) groups is 2. The summed E-state index contributed by atoms with van der Waals surface area (Å²) in [7, 11) is 2.75. The first kappa shape index (κ1) is 6.00. The first-order valence-corrected chi connectivity index (χ1v) is 4.79. The lowest BCUT2D eigenvalue weighted by Crippen LogP contribution is -2.09. The first-order chi connectivity index (χ1) is 4.79. The van der Waals surface area contributed by atoms with Crippen LogP contribution >= 0.6 is 20.7 Å². The van der Waals surface area contributed by atoms with E-state index in [1.165, 1.54) is 32.8 Å². The molecule has 1 aromatic rings. The molecule has 0 saturated carbocycles. The molecular weight excluding hydrogens is 168 g/mol. The van der Waals surface area contributed by atoms with E-state index in [0.717, 1.165) is 0 Å². The fraction of sp³-hybridized carbons (Fsp3) is 0. The van der Waals surface area contributed by atoms with E-state index in [9.17, 15) is 9.59 Å². The molecule has 1 heterocycles. The molecule has 0 amide bonds. The molecule has 0 aliphatic heterocycles. The van der Waals surface area contributed by atoms with Crippen LogP contribution < -0.4 is 0 Å². The van der Waals surface area contributed by atoms with Gasteiger partial charge in [0, 0.05) is 0 Å². The van der Waals surface area contributed by atoms with Crippen molar-refractivity contribution < 1.29 is 9.59 Å². The Morgan fingerprint density at radius 2 is 1.30 bits per heavy atom. The Labute approximate surface area is 64.2 Å². The minimum Gasteiger partial charge on any atom is -0.288 e. The number of rotatable bonds is 0. The molecule has 0 saturated heterocycles. The summed E-state index contributed by atoms with van der Waals surface area (Å²) >= 11 is 0. The van der Waals surface area contributed by atoms with E-state index >= 15 is 0 Å². The van der Waals surface area contributed by atoms with Crippen LogP contribution in [0.3, 0.4) is 0 Å². The summed E-state index contributed by atoms with van der Waals surface area (Å²) in [4.78, 5) is 23.0. The van der Waals surface area contributed by atoms with Crippen molar-refractivity contribution in [3.8, 4) is 0 Å². The van der Waals surface area contributed by atoms with Gasteiger partial charge in [0.15, 0.2) is 11.6 Å². The maximum absolute atomic E-state index is 10.9. The maximum Gasteiger partial charge on any atom is 0.198 e. The minimum absolute atomic E-state index is 0.0293. The van der Waals surface area contributed by atoms with Crippen molar-refractivity contribution in [3.63, 3.8) is 0 Å². The van der Waals surface area contributed by atoms with Crippen LogP contribution in [0, 0.1) is 0 Å². The molecule has 2 rings (SSSR count). The van der Waals surface area contributed by atoms with E-state index in [1.54, 1.807) is 0 Å². The highest BCUT2D eigenvalue weighted by Gasteiger charge is 2.23. The van der Waals surface area contributed by atoms with Gasteiger partial charge >= 0.3 is 0 Å². The second kappa shape index (κ2) is 1.87. The Morgan fingerprint density at radius 1 is 0.900 bits per heavy atom. The average Bonchev–Trinajstić information content (AvgIpc) is 1.78. The predicted octanol–water partition coefficient (Wildman–Crippen LogP) is 1.74. The largest absolute Gasteiger partial charge is 0.288 e. The molecule has 1 aliphatic rings. The number of hydrogen-bond donors (Lipinski definition) is 0. The zero-order valence-corrected chi connectivity index (χ0v) is 6.42. The van der Waals surface area contributed by atoms with Crippen LogP contribution in [0.15, 0.2) is 12.2 Å². The lowest BCUT2D eigenvalue weighted by molar-refractivity contribution is 0.0999. The van der Waals surface area contributed by atoms with Gasteiger partial charge in [-0.15, -0.1) is 0 Å². The highest BCUT2D eigenvalue weighted by Crippen LogP contribution is 2.32. The quantitative estimate of drug-likeness (QED) is 0.556. The summed E-state index contributed by atoms with van der Waals surface area (Å²) in [6.45, 7) is 0. The molecule has 4 heteroatoms. The van der Waals surface area contributed by atoms with Crippen molar-refractivity contribution in [1.82, 2.24) is 0 Å². The van der Waals surface area contributed by atoms with Gasteiger partial charge in [0.05, 0.1) is 0 Å². The summed E-state index contributed by atoms with van der Waals surface area (Å²) in [5.41, 5.74) is 0. The third-order valence-electron chi connectivity index (χ3n) is 1.25. The molecule has 1 aromatic heterocycles. The molecule has 0 bridgehead atoms. The van der Waals surface area contributed by atoms with Crippen molar-refractivity contribution in [2.24, 2.45) is 0 Å². The fourth-order valence-corrected chi connectivity index (χ4v) is 2.73. The van der Waals surface area contributed by atoms with Crippen LogP contribution in [0.1, 0.15) is 19.3 Å². The van der Waals surface area contributed by atoms with Gasteiger partial charge in [0.1, 0.15) is 9.75 Å². The molecule has 0 N–H and O–H groups in total. The van der Waals surface area contributed by atoms with Crippen LogP contribution in [-0.2, 0) is 0 Å². The molecule has 1 aliphatic carbocycles. The summed E-state index contributed by atoms with van der Waals surface area (Å²) in [6, 6.07) is 0. The van der Waals surface area contributed by atoms with Gasteiger partial charge in [0.2, 0.25) is 0 Å². The second-order valence-corrected chi connectivity index (χ2v) is 4.04. The van der Waals surface area contributed by atoms with Crippen molar-refractivity contribution in [2.45, 2.75) is 0 Å². The monoisotopic (exact) mass is 170 g/mol. The normalized spacial score (nSPS) is 16.0. The van der Waals surface area contributed by atoms with E-state index in [1.807, 2.05) is 0 Å². The molecular formula is C6H2O2S2. The summed E-state index contributed by atoms with van der Waals surface area (Å²) < 4.78 is 0.